The van der Waals surface area contributed by atoms with Gasteiger partial charge in [0.25, 0.3) is 5.69 Å². The van der Waals surface area contributed by atoms with Crippen molar-refractivity contribution in [3.8, 4) is 5.75 Å². The van der Waals surface area contributed by atoms with Crippen LogP contribution in [0.15, 0.2) is 77.4 Å². The van der Waals surface area contributed by atoms with Crippen LogP contribution in [-0.4, -0.2) is 16.8 Å². The molecule has 0 spiro atoms. The number of hydrogen-bond donors (Lipinski definition) is 0. The zero-order valence-corrected chi connectivity index (χ0v) is 19.1. The molecule has 3 aromatic rings. The van der Waals surface area contributed by atoms with E-state index in [0.717, 1.165) is 14.7 Å². The maximum Gasteiger partial charge on any atom is 0.363 e. The molecule has 0 bridgehead atoms. The fourth-order valence-electron chi connectivity index (χ4n) is 3.18. The summed E-state index contributed by atoms with van der Waals surface area (Å²) >= 11 is 2.25. The Labute approximate surface area is 197 Å². The Morgan fingerprint density at radius 2 is 1.88 bits per heavy atom. The maximum atomic E-state index is 12.3. The lowest BCUT2D eigenvalue weighted by Gasteiger charge is -2.07. The van der Waals surface area contributed by atoms with Gasteiger partial charge in [-0.05, 0) is 77.0 Å². The molecular formula is C24H17IN2O5. The highest BCUT2D eigenvalue weighted by molar-refractivity contribution is 14.1. The number of nitro groups is 1. The summed E-state index contributed by atoms with van der Waals surface area (Å²) in [4.78, 5) is 27.3. The topological polar surface area (TPSA) is 91.0 Å². The fourth-order valence-corrected chi connectivity index (χ4v) is 3.54. The summed E-state index contributed by atoms with van der Waals surface area (Å²) < 4.78 is 12.3. The molecule has 0 fully saturated rings. The van der Waals surface area contributed by atoms with E-state index in [9.17, 15) is 14.9 Å². The van der Waals surface area contributed by atoms with E-state index in [2.05, 4.69) is 27.6 Å². The average Bonchev–Trinajstić information content (AvgIpc) is 3.13. The van der Waals surface area contributed by atoms with Crippen molar-refractivity contribution >= 4 is 46.2 Å². The van der Waals surface area contributed by atoms with Crippen molar-refractivity contribution in [2.75, 3.05) is 0 Å². The Morgan fingerprint density at radius 3 is 2.62 bits per heavy atom. The number of esters is 1. The number of carbonyl (C=O) groups is 1. The summed E-state index contributed by atoms with van der Waals surface area (Å²) in [5.41, 5.74) is 2.62. The van der Waals surface area contributed by atoms with Crippen molar-refractivity contribution in [3.63, 3.8) is 0 Å². The maximum absolute atomic E-state index is 12.3. The summed E-state index contributed by atoms with van der Waals surface area (Å²) in [7, 11) is 0. The molecule has 0 saturated carbocycles. The van der Waals surface area contributed by atoms with Gasteiger partial charge in [-0.2, -0.15) is 0 Å². The molecule has 0 saturated heterocycles. The number of ether oxygens (including phenoxy) is 2. The van der Waals surface area contributed by atoms with Crippen LogP contribution < -0.4 is 4.74 Å². The highest BCUT2D eigenvalue weighted by atomic mass is 127. The van der Waals surface area contributed by atoms with Crippen LogP contribution >= 0.6 is 22.6 Å². The molecule has 4 rings (SSSR count). The van der Waals surface area contributed by atoms with Crippen molar-refractivity contribution in [2.24, 2.45) is 4.99 Å². The fraction of sp³-hybridized carbons (Fsp3) is 0.0833. The third-order valence-corrected chi connectivity index (χ3v) is 5.55. The highest BCUT2D eigenvalue weighted by Crippen LogP contribution is 2.26. The number of nitrogens with zero attached hydrogens (tertiary/aromatic N) is 2. The highest BCUT2D eigenvalue weighted by Gasteiger charge is 2.27. The van der Waals surface area contributed by atoms with Crippen molar-refractivity contribution in [1.82, 2.24) is 0 Å². The molecular weight excluding hydrogens is 523 g/mol. The van der Waals surface area contributed by atoms with Crippen molar-refractivity contribution in [2.45, 2.75) is 13.5 Å². The van der Waals surface area contributed by atoms with E-state index >= 15 is 0 Å². The summed E-state index contributed by atoms with van der Waals surface area (Å²) in [5.74, 6) is 0.0904. The van der Waals surface area contributed by atoms with Gasteiger partial charge in [0.1, 0.15) is 12.4 Å². The minimum atomic E-state index is -0.615. The van der Waals surface area contributed by atoms with E-state index in [0.29, 0.717) is 23.5 Å². The van der Waals surface area contributed by atoms with E-state index < -0.39 is 10.9 Å². The molecule has 0 aromatic heterocycles. The molecule has 0 unspecified atom stereocenters. The molecule has 32 heavy (non-hydrogen) atoms. The molecule has 7 nitrogen and oxygen atoms in total. The Balaban J connectivity index is 1.55. The van der Waals surface area contributed by atoms with Gasteiger partial charge in [-0.3, -0.25) is 10.1 Å². The summed E-state index contributed by atoms with van der Waals surface area (Å²) in [6.45, 7) is 2.02. The molecule has 1 aliphatic rings. The second-order valence-corrected chi connectivity index (χ2v) is 8.28. The predicted octanol–water partition coefficient (Wildman–Crippen LogP) is 5.43. The first-order chi connectivity index (χ1) is 15.4. The first-order valence-corrected chi connectivity index (χ1v) is 10.7. The van der Waals surface area contributed by atoms with Crippen molar-refractivity contribution < 1.29 is 19.2 Å². The van der Waals surface area contributed by atoms with E-state index in [1.54, 1.807) is 25.1 Å². The number of benzene rings is 3. The molecule has 1 aliphatic heterocycles. The molecule has 0 N–H and O–H groups in total. The molecule has 0 atom stereocenters. The van der Waals surface area contributed by atoms with Crippen molar-refractivity contribution in [1.29, 1.82) is 0 Å². The van der Waals surface area contributed by atoms with Crippen LogP contribution in [0.3, 0.4) is 0 Å². The lowest BCUT2D eigenvalue weighted by atomic mass is 10.1. The summed E-state index contributed by atoms with van der Waals surface area (Å²) in [6, 6.07) is 19.9. The average molecular weight is 540 g/mol. The first-order valence-electron chi connectivity index (χ1n) is 9.65. The number of hydrogen-bond acceptors (Lipinski definition) is 6. The van der Waals surface area contributed by atoms with Gasteiger partial charge >= 0.3 is 5.97 Å². The van der Waals surface area contributed by atoms with Gasteiger partial charge < -0.3 is 9.47 Å². The Hall–Kier alpha value is -3.53. The molecule has 1 heterocycles. The van der Waals surface area contributed by atoms with Crippen LogP contribution in [-0.2, 0) is 16.1 Å². The number of halogens is 1. The molecule has 0 aliphatic carbocycles. The third kappa shape index (κ3) is 4.86. The van der Waals surface area contributed by atoms with Crippen molar-refractivity contribution in [3.05, 3.63) is 108 Å². The Morgan fingerprint density at radius 1 is 1.12 bits per heavy atom. The Kier molecular flexibility index (Phi) is 6.31. The van der Waals surface area contributed by atoms with Crippen LogP contribution in [0.1, 0.15) is 22.3 Å². The first kappa shape index (κ1) is 21.7. The molecule has 8 heteroatoms. The number of aliphatic imine (C=N–C) groups is 1. The van der Waals surface area contributed by atoms with Crippen LogP contribution in [0.5, 0.6) is 5.75 Å². The van der Waals surface area contributed by atoms with E-state index in [-0.39, 0.29) is 17.3 Å². The van der Waals surface area contributed by atoms with Crippen LogP contribution in [0.2, 0.25) is 0 Å². The van der Waals surface area contributed by atoms with Crippen LogP contribution in [0.25, 0.3) is 6.08 Å². The normalized spacial score (nSPS) is 14.2. The molecule has 0 radical (unpaired) electrons. The SMILES string of the molecule is Cc1c(C2=N/C(=C\c3cccc(OCc4ccc(I)cc4)c3)C(=O)O2)cccc1[N+](=O)[O-]. The zero-order valence-electron chi connectivity index (χ0n) is 16.9. The zero-order chi connectivity index (χ0) is 22.7. The van der Waals surface area contributed by atoms with Gasteiger partial charge in [0.05, 0.1) is 4.92 Å². The van der Waals surface area contributed by atoms with Crippen LogP contribution in [0, 0.1) is 20.6 Å². The van der Waals surface area contributed by atoms with E-state index in [4.69, 9.17) is 9.47 Å². The van der Waals surface area contributed by atoms with Gasteiger partial charge in [0.15, 0.2) is 5.70 Å². The molecule has 0 amide bonds. The van der Waals surface area contributed by atoms with Gasteiger partial charge in [0, 0.05) is 20.8 Å². The van der Waals surface area contributed by atoms with Gasteiger partial charge in [-0.25, -0.2) is 9.79 Å². The molecule has 160 valence electrons. The lowest BCUT2D eigenvalue weighted by Crippen LogP contribution is -2.08. The number of rotatable bonds is 6. The van der Waals surface area contributed by atoms with Gasteiger partial charge in [-0.1, -0.05) is 30.3 Å². The number of carbonyl (C=O) groups excluding carboxylic acids is 1. The van der Waals surface area contributed by atoms with Gasteiger partial charge in [-0.15, -0.1) is 0 Å². The summed E-state index contributed by atoms with van der Waals surface area (Å²) in [6.07, 6.45) is 1.60. The number of cyclic esters (lactones) is 1. The second kappa shape index (κ2) is 9.31. The quantitative estimate of drug-likeness (QED) is 0.137. The molecule has 3 aromatic carbocycles. The predicted molar refractivity (Wildman–Crippen MR) is 128 cm³/mol. The Bertz CT molecular complexity index is 1270. The second-order valence-electron chi connectivity index (χ2n) is 7.03. The monoisotopic (exact) mass is 540 g/mol. The van der Waals surface area contributed by atoms with E-state index in [1.807, 2.05) is 42.5 Å². The van der Waals surface area contributed by atoms with Gasteiger partial charge in [0.2, 0.25) is 5.90 Å². The van der Waals surface area contributed by atoms with Crippen LogP contribution in [0.4, 0.5) is 5.69 Å². The lowest BCUT2D eigenvalue weighted by molar-refractivity contribution is -0.385. The summed E-state index contributed by atoms with van der Waals surface area (Å²) in [5, 5.41) is 11.2. The smallest absolute Gasteiger partial charge is 0.363 e. The largest absolute Gasteiger partial charge is 0.489 e. The standard InChI is InChI=1S/C24H17IN2O5/c1-15-20(6-3-7-22(15)27(29)30)23-26-21(24(28)32-23)13-17-4-2-5-19(12-17)31-14-16-8-10-18(25)11-9-16/h2-13H,14H2,1H3/b21-13-. The minimum Gasteiger partial charge on any atom is -0.489 e. The minimum absolute atomic E-state index is 0.0496. The van der Waals surface area contributed by atoms with E-state index in [1.165, 1.54) is 12.1 Å². The third-order valence-electron chi connectivity index (χ3n) is 4.83. The number of nitro benzene ring substituents is 1.